The summed E-state index contributed by atoms with van der Waals surface area (Å²) in [4.78, 5) is 10.5. The van der Waals surface area contributed by atoms with E-state index in [0.29, 0.717) is 19.6 Å². The van der Waals surface area contributed by atoms with E-state index in [-0.39, 0.29) is 12.2 Å². The van der Waals surface area contributed by atoms with Crippen LogP contribution in [0.1, 0.15) is 0 Å². The molecule has 1 atom stereocenters. The quantitative estimate of drug-likeness (QED) is 0.418. The zero-order valence-corrected chi connectivity index (χ0v) is 6.09. The summed E-state index contributed by atoms with van der Waals surface area (Å²) in [6.45, 7) is 1.69. The van der Waals surface area contributed by atoms with Gasteiger partial charge < -0.3 is 15.4 Å². The van der Waals surface area contributed by atoms with Gasteiger partial charge in [-0.2, -0.15) is 0 Å². The molecule has 4 heteroatoms. The number of amides is 1. The van der Waals surface area contributed by atoms with Crippen LogP contribution in [0.15, 0.2) is 0 Å². The molecule has 0 radical (unpaired) electrons. The van der Waals surface area contributed by atoms with Crippen LogP contribution in [0.2, 0.25) is 0 Å². The normalized spacial score (nSPS) is 22.1. The van der Waals surface area contributed by atoms with E-state index in [1.165, 1.54) is 0 Å². The van der Waals surface area contributed by atoms with Crippen molar-refractivity contribution in [3.05, 3.63) is 0 Å². The molecule has 1 aliphatic heterocycles. The topological polar surface area (TPSA) is 50.4 Å². The van der Waals surface area contributed by atoms with Crippen LogP contribution >= 0.6 is 0 Å². The van der Waals surface area contributed by atoms with Crippen LogP contribution in [-0.4, -0.2) is 31.8 Å². The molecule has 1 unspecified atom stereocenters. The lowest BCUT2D eigenvalue weighted by atomic mass is 10.3. The highest BCUT2D eigenvalue weighted by Gasteiger charge is 2.21. The van der Waals surface area contributed by atoms with Crippen molar-refractivity contribution in [3.63, 3.8) is 0 Å². The van der Waals surface area contributed by atoms with Crippen molar-refractivity contribution in [3.8, 4) is 12.3 Å². The van der Waals surface area contributed by atoms with Crippen molar-refractivity contribution in [1.29, 1.82) is 0 Å². The van der Waals surface area contributed by atoms with E-state index in [9.17, 15) is 4.79 Å². The third kappa shape index (κ3) is 2.48. The molecule has 1 rings (SSSR count). The average molecular weight is 154 g/mol. The zero-order valence-electron chi connectivity index (χ0n) is 6.09. The minimum Gasteiger partial charge on any atom is -0.443 e. The maximum atomic E-state index is 10.5. The molecule has 0 saturated carbocycles. The predicted molar refractivity (Wildman–Crippen MR) is 40.0 cm³/mol. The summed E-state index contributed by atoms with van der Waals surface area (Å²) < 4.78 is 4.83. The first-order valence-electron chi connectivity index (χ1n) is 3.41. The summed E-state index contributed by atoms with van der Waals surface area (Å²) in [6, 6.07) is 0. The molecule has 0 aliphatic carbocycles. The molecule has 1 fully saturated rings. The number of nitrogens with one attached hydrogen (secondary N) is 2. The smallest absolute Gasteiger partial charge is 0.407 e. The fraction of sp³-hybridized carbons (Fsp3) is 0.571. The van der Waals surface area contributed by atoms with Crippen LogP contribution < -0.4 is 10.6 Å². The van der Waals surface area contributed by atoms with Gasteiger partial charge in [0, 0.05) is 6.54 Å². The molecule has 2 N–H and O–H groups in total. The highest BCUT2D eigenvalue weighted by atomic mass is 16.6. The van der Waals surface area contributed by atoms with Gasteiger partial charge in [-0.25, -0.2) is 4.79 Å². The number of hydrogen-bond acceptors (Lipinski definition) is 3. The van der Waals surface area contributed by atoms with Crippen LogP contribution in [0.5, 0.6) is 0 Å². The Morgan fingerprint density at radius 2 is 2.73 bits per heavy atom. The van der Waals surface area contributed by atoms with Crippen LogP contribution in [0.4, 0.5) is 4.79 Å². The monoisotopic (exact) mass is 154 g/mol. The molecule has 0 aromatic rings. The van der Waals surface area contributed by atoms with Gasteiger partial charge in [0.05, 0.1) is 13.1 Å². The van der Waals surface area contributed by atoms with Gasteiger partial charge in [0.15, 0.2) is 0 Å². The van der Waals surface area contributed by atoms with Crippen molar-refractivity contribution < 1.29 is 9.53 Å². The third-order valence-electron chi connectivity index (χ3n) is 1.35. The van der Waals surface area contributed by atoms with Crippen molar-refractivity contribution in [2.24, 2.45) is 0 Å². The molecular formula is C7H10N2O2. The molecule has 1 saturated heterocycles. The molecule has 1 heterocycles. The maximum absolute atomic E-state index is 10.5. The summed E-state index contributed by atoms with van der Waals surface area (Å²) in [5.74, 6) is 2.43. The second-order valence-corrected chi connectivity index (χ2v) is 2.24. The van der Waals surface area contributed by atoms with Crippen LogP contribution in [0, 0.1) is 12.3 Å². The first-order valence-corrected chi connectivity index (χ1v) is 3.41. The summed E-state index contributed by atoms with van der Waals surface area (Å²) in [5.41, 5.74) is 0. The first kappa shape index (κ1) is 7.89. The molecule has 0 aromatic heterocycles. The third-order valence-corrected chi connectivity index (χ3v) is 1.35. The number of hydrogen-bond donors (Lipinski definition) is 2. The van der Waals surface area contributed by atoms with E-state index in [2.05, 4.69) is 16.6 Å². The molecule has 0 spiro atoms. The van der Waals surface area contributed by atoms with Gasteiger partial charge in [0.2, 0.25) is 0 Å². The second-order valence-electron chi connectivity index (χ2n) is 2.24. The Morgan fingerprint density at radius 1 is 1.91 bits per heavy atom. The van der Waals surface area contributed by atoms with Gasteiger partial charge in [0.25, 0.3) is 0 Å². The molecule has 1 aliphatic rings. The number of alkyl carbamates (subject to hydrolysis) is 1. The Kier molecular flexibility index (Phi) is 2.75. The van der Waals surface area contributed by atoms with Crippen LogP contribution in [0.3, 0.4) is 0 Å². The summed E-state index contributed by atoms with van der Waals surface area (Å²) in [7, 11) is 0. The predicted octanol–water partition coefficient (Wildman–Crippen LogP) is -0.682. The Hall–Kier alpha value is -1.21. The van der Waals surface area contributed by atoms with E-state index in [4.69, 9.17) is 11.2 Å². The summed E-state index contributed by atoms with van der Waals surface area (Å²) in [5, 5.41) is 5.49. The minimum atomic E-state index is -0.350. The first-order chi connectivity index (χ1) is 5.33. The number of carbonyl (C=O) groups excluding carboxylic acids is 1. The lowest BCUT2D eigenvalue weighted by Gasteiger charge is -2.05. The molecule has 1 amide bonds. The Balaban J connectivity index is 2.09. The van der Waals surface area contributed by atoms with Crippen LogP contribution in [0.25, 0.3) is 0 Å². The highest BCUT2D eigenvalue weighted by molar-refractivity contribution is 5.69. The van der Waals surface area contributed by atoms with Crippen molar-refractivity contribution in [2.45, 2.75) is 6.10 Å². The molecule has 0 bridgehead atoms. The van der Waals surface area contributed by atoms with Gasteiger partial charge >= 0.3 is 6.09 Å². The standard InChI is InChI=1S/C7H10N2O2/c1-2-3-8-4-6-5-9-7(10)11-6/h1,6,8H,3-5H2,(H,9,10). The molecule has 0 aromatic carbocycles. The largest absolute Gasteiger partial charge is 0.443 e. The van der Waals surface area contributed by atoms with E-state index >= 15 is 0 Å². The van der Waals surface area contributed by atoms with Crippen molar-refractivity contribution in [2.75, 3.05) is 19.6 Å². The molecule has 60 valence electrons. The molecule has 11 heavy (non-hydrogen) atoms. The van der Waals surface area contributed by atoms with Gasteiger partial charge in [-0.05, 0) is 0 Å². The Labute approximate surface area is 65.3 Å². The average Bonchev–Trinajstić information content (AvgIpc) is 2.37. The van der Waals surface area contributed by atoms with Gasteiger partial charge in [-0.1, -0.05) is 5.92 Å². The summed E-state index contributed by atoms with van der Waals surface area (Å²) >= 11 is 0. The lowest BCUT2D eigenvalue weighted by molar-refractivity contribution is 0.140. The number of cyclic esters (lactones) is 1. The number of terminal acetylenes is 1. The van der Waals surface area contributed by atoms with Crippen molar-refractivity contribution in [1.82, 2.24) is 10.6 Å². The zero-order chi connectivity index (χ0) is 8.10. The lowest BCUT2D eigenvalue weighted by Crippen LogP contribution is -2.29. The fourth-order valence-corrected chi connectivity index (χ4v) is 0.851. The van der Waals surface area contributed by atoms with Crippen molar-refractivity contribution >= 4 is 6.09 Å². The maximum Gasteiger partial charge on any atom is 0.407 e. The minimum absolute atomic E-state index is 0.0733. The number of carbonyl (C=O) groups is 1. The van der Waals surface area contributed by atoms with E-state index < -0.39 is 0 Å². The summed E-state index contributed by atoms with van der Waals surface area (Å²) in [6.07, 6.45) is 4.58. The van der Waals surface area contributed by atoms with Gasteiger partial charge in [-0.15, -0.1) is 6.42 Å². The number of ether oxygens (including phenoxy) is 1. The van der Waals surface area contributed by atoms with Gasteiger partial charge in [0.1, 0.15) is 6.10 Å². The second kappa shape index (κ2) is 3.84. The van der Waals surface area contributed by atoms with E-state index in [0.717, 1.165) is 0 Å². The molecular weight excluding hydrogens is 144 g/mol. The SMILES string of the molecule is C#CCNCC1CNC(=O)O1. The van der Waals surface area contributed by atoms with E-state index in [1.807, 2.05) is 0 Å². The van der Waals surface area contributed by atoms with Crippen LogP contribution in [-0.2, 0) is 4.74 Å². The Bertz CT molecular complexity index is 185. The van der Waals surface area contributed by atoms with Gasteiger partial charge in [-0.3, -0.25) is 0 Å². The molecule has 4 nitrogen and oxygen atoms in total. The fourth-order valence-electron chi connectivity index (χ4n) is 0.851. The Morgan fingerprint density at radius 3 is 3.27 bits per heavy atom. The number of rotatable bonds is 3. The van der Waals surface area contributed by atoms with E-state index in [1.54, 1.807) is 0 Å². The highest BCUT2D eigenvalue weighted by Crippen LogP contribution is 1.97.